The molecule has 2 nitrogen and oxygen atoms in total. The first-order valence-corrected chi connectivity index (χ1v) is 5.22. The number of pyridine rings is 1. The van der Waals surface area contributed by atoms with Crippen LogP contribution in [-0.4, -0.2) is 4.98 Å². The first-order valence-electron chi connectivity index (χ1n) is 3.35. The van der Waals surface area contributed by atoms with Gasteiger partial charge in [0.05, 0.1) is 11.7 Å². The highest BCUT2D eigenvalue weighted by molar-refractivity contribution is 14.1. The lowest BCUT2D eigenvalue weighted by atomic mass is 10.2. The van der Waals surface area contributed by atoms with E-state index in [1.54, 1.807) is 6.08 Å². The second kappa shape index (κ2) is 4.34. The Morgan fingerprint density at radius 3 is 2.83 bits per heavy atom. The molecule has 12 heavy (non-hydrogen) atoms. The van der Waals surface area contributed by atoms with Crippen molar-refractivity contribution in [3.05, 3.63) is 38.7 Å². The standard InChI is InChI=1S/C8H8BrIN2/c1-2-6(11)7-4-3-5(10)8(9)12-7/h2-4,6H,1,11H2/t6-/m0/s1. The first kappa shape index (κ1) is 10.1. The number of hydrogen-bond donors (Lipinski definition) is 1. The highest BCUT2D eigenvalue weighted by Crippen LogP contribution is 2.19. The number of hydrogen-bond acceptors (Lipinski definition) is 2. The zero-order valence-corrected chi connectivity index (χ0v) is 10.0. The average molecular weight is 339 g/mol. The van der Waals surface area contributed by atoms with E-state index >= 15 is 0 Å². The summed E-state index contributed by atoms with van der Waals surface area (Å²) in [6.07, 6.45) is 1.67. The predicted molar refractivity (Wildman–Crippen MR) is 61.8 cm³/mol. The summed E-state index contributed by atoms with van der Waals surface area (Å²) in [5.74, 6) is 0. The molecule has 64 valence electrons. The number of aromatic nitrogens is 1. The van der Waals surface area contributed by atoms with Crippen LogP contribution in [0.3, 0.4) is 0 Å². The Morgan fingerprint density at radius 2 is 2.33 bits per heavy atom. The van der Waals surface area contributed by atoms with E-state index in [-0.39, 0.29) is 6.04 Å². The van der Waals surface area contributed by atoms with Crippen molar-refractivity contribution in [1.82, 2.24) is 4.98 Å². The van der Waals surface area contributed by atoms with Crippen LogP contribution in [0.4, 0.5) is 0 Å². The van der Waals surface area contributed by atoms with E-state index < -0.39 is 0 Å². The van der Waals surface area contributed by atoms with Gasteiger partial charge in [-0.05, 0) is 50.7 Å². The van der Waals surface area contributed by atoms with E-state index in [9.17, 15) is 0 Å². The molecule has 0 aliphatic carbocycles. The molecule has 0 amide bonds. The third kappa shape index (κ3) is 2.27. The van der Waals surface area contributed by atoms with Crippen molar-refractivity contribution in [2.45, 2.75) is 6.04 Å². The summed E-state index contributed by atoms with van der Waals surface area (Å²) >= 11 is 5.54. The van der Waals surface area contributed by atoms with E-state index in [0.717, 1.165) is 13.9 Å². The Labute approximate surface area is 93.5 Å². The van der Waals surface area contributed by atoms with Gasteiger partial charge in [0.15, 0.2) is 0 Å². The molecule has 0 aliphatic heterocycles. The fourth-order valence-corrected chi connectivity index (χ4v) is 1.38. The van der Waals surface area contributed by atoms with Crippen molar-refractivity contribution in [2.24, 2.45) is 5.73 Å². The monoisotopic (exact) mass is 338 g/mol. The maximum Gasteiger partial charge on any atom is 0.119 e. The topological polar surface area (TPSA) is 38.9 Å². The molecular formula is C8H8BrIN2. The van der Waals surface area contributed by atoms with Crippen LogP contribution in [0.15, 0.2) is 29.4 Å². The fourth-order valence-electron chi connectivity index (χ4n) is 0.738. The van der Waals surface area contributed by atoms with E-state index in [4.69, 9.17) is 5.73 Å². The third-order valence-corrected chi connectivity index (χ3v) is 3.64. The van der Waals surface area contributed by atoms with Gasteiger partial charge < -0.3 is 5.73 Å². The summed E-state index contributed by atoms with van der Waals surface area (Å²) in [7, 11) is 0. The summed E-state index contributed by atoms with van der Waals surface area (Å²) in [5, 5.41) is 0. The lowest BCUT2D eigenvalue weighted by Crippen LogP contribution is -2.08. The van der Waals surface area contributed by atoms with Crippen LogP contribution < -0.4 is 5.73 Å². The Morgan fingerprint density at radius 1 is 1.67 bits per heavy atom. The van der Waals surface area contributed by atoms with Gasteiger partial charge in [-0.2, -0.15) is 0 Å². The van der Waals surface area contributed by atoms with Gasteiger partial charge >= 0.3 is 0 Å². The summed E-state index contributed by atoms with van der Waals surface area (Å²) in [6, 6.07) is 3.69. The van der Waals surface area contributed by atoms with E-state index in [1.165, 1.54) is 0 Å². The van der Waals surface area contributed by atoms with Gasteiger partial charge in [-0.25, -0.2) is 4.98 Å². The zero-order valence-electron chi connectivity index (χ0n) is 6.30. The Bertz CT molecular complexity index is 301. The van der Waals surface area contributed by atoms with Gasteiger partial charge in [0, 0.05) is 3.57 Å². The molecular weight excluding hydrogens is 331 g/mol. The summed E-state index contributed by atoms with van der Waals surface area (Å²) in [4.78, 5) is 4.26. The molecule has 1 atom stereocenters. The number of rotatable bonds is 2. The second-order valence-electron chi connectivity index (χ2n) is 2.27. The van der Waals surface area contributed by atoms with Crippen molar-refractivity contribution in [3.63, 3.8) is 0 Å². The maximum absolute atomic E-state index is 5.71. The van der Waals surface area contributed by atoms with Gasteiger partial charge in [0.2, 0.25) is 0 Å². The third-order valence-electron chi connectivity index (χ3n) is 1.42. The number of halogens is 2. The van der Waals surface area contributed by atoms with E-state index in [2.05, 4.69) is 50.1 Å². The molecule has 0 aromatic carbocycles. The van der Waals surface area contributed by atoms with Crippen molar-refractivity contribution in [2.75, 3.05) is 0 Å². The maximum atomic E-state index is 5.71. The molecule has 0 fully saturated rings. The van der Waals surface area contributed by atoms with Gasteiger partial charge in [0.1, 0.15) is 4.60 Å². The quantitative estimate of drug-likeness (QED) is 0.511. The van der Waals surface area contributed by atoms with Crippen LogP contribution >= 0.6 is 38.5 Å². The second-order valence-corrected chi connectivity index (χ2v) is 4.18. The molecule has 0 aliphatic rings. The lowest BCUT2D eigenvalue weighted by molar-refractivity contribution is 0.857. The molecule has 0 saturated heterocycles. The zero-order chi connectivity index (χ0) is 9.14. The van der Waals surface area contributed by atoms with Crippen LogP contribution in [0, 0.1) is 3.57 Å². The van der Waals surface area contributed by atoms with Gasteiger partial charge in [-0.3, -0.25) is 0 Å². The molecule has 0 spiro atoms. The number of nitrogens with two attached hydrogens (primary N) is 1. The van der Waals surface area contributed by atoms with Crippen molar-refractivity contribution in [3.8, 4) is 0 Å². The van der Waals surface area contributed by atoms with Crippen LogP contribution in [0.25, 0.3) is 0 Å². The SMILES string of the molecule is C=C[C@H](N)c1ccc(I)c(Br)n1. The lowest BCUT2D eigenvalue weighted by Gasteiger charge is -2.05. The van der Waals surface area contributed by atoms with Gasteiger partial charge in [-0.1, -0.05) is 6.08 Å². The average Bonchev–Trinajstić information content (AvgIpc) is 2.08. The summed E-state index contributed by atoms with van der Waals surface area (Å²) in [6.45, 7) is 3.61. The number of nitrogens with zero attached hydrogens (tertiary/aromatic N) is 1. The molecule has 0 saturated carbocycles. The largest absolute Gasteiger partial charge is 0.319 e. The molecule has 1 aromatic rings. The fraction of sp³-hybridized carbons (Fsp3) is 0.125. The molecule has 0 bridgehead atoms. The van der Waals surface area contributed by atoms with Gasteiger partial charge in [-0.15, -0.1) is 6.58 Å². The molecule has 0 radical (unpaired) electrons. The Hall–Kier alpha value is 0.0600. The van der Waals surface area contributed by atoms with Crippen LogP contribution in [0.2, 0.25) is 0 Å². The minimum Gasteiger partial charge on any atom is -0.319 e. The Balaban J connectivity index is 3.04. The van der Waals surface area contributed by atoms with Crippen molar-refractivity contribution in [1.29, 1.82) is 0 Å². The predicted octanol–water partition coefficient (Wildman–Crippen LogP) is 2.63. The molecule has 1 aromatic heterocycles. The van der Waals surface area contributed by atoms with Crippen LogP contribution in [0.1, 0.15) is 11.7 Å². The normalized spacial score (nSPS) is 12.6. The van der Waals surface area contributed by atoms with E-state index in [0.29, 0.717) is 0 Å². The molecule has 4 heteroatoms. The highest BCUT2D eigenvalue weighted by atomic mass is 127. The van der Waals surface area contributed by atoms with Crippen LogP contribution in [-0.2, 0) is 0 Å². The molecule has 1 heterocycles. The molecule has 0 unspecified atom stereocenters. The highest BCUT2D eigenvalue weighted by Gasteiger charge is 2.04. The van der Waals surface area contributed by atoms with E-state index in [1.807, 2.05) is 12.1 Å². The van der Waals surface area contributed by atoms with Crippen LogP contribution in [0.5, 0.6) is 0 Å². The molecule has 2 N–H and O–H groups in total. The summed E-state index contributed by atoms with van der Waals surface area (Å²) < 4.78 is 1.91. The van der Waals surface area contributed by atoms with Gasteiger partial charge in [0.25, 0.3) is 0 Å². The Kier molecular flexibility index (Phi) is 3.67. The minimum atomic E-state index is -0.182. The summed E-state index contributed by atoms with van der Waals surface area (Å²) in [5.41, 5.74) is 6.54. The van der Waals surface area contributed by atoms with Crippen molar-refractivity contribution < 1.29 is 0 Å². The first-order chi connectivity index (χ1) is 5.65. The minimum absolute atomic E-state index is 0.182. The smallest absolute Gasteiger partial charge is 0.119 e. The van der Waals surface area contributed by atoms with Crippen molar-refractivity contribution >= 4 is 38.5 Å². The molecule has 1 rings (SSSR count).